The summed E-state index contributed by atoms with van der Waals surface area (Å²) in [5, 5.41) is 3.73. The molecule has 17 heavy (non-hydrogen) atoms. The Morgan fingerprint density at radius 2 is 2.53 bits per heavy atom. The molecule has 0 aromatic carbocycles. The number of morpholine rings is 1. The lowest BCUT2D eigenvalue weighted by atomic mass is 10.3. The normalized spacial score (nSPS) is 21.4. The van der Waals surface area contributed by atoms with E-state index in [4.69, 9.17) is 22.1 Å². The summed E-state index contributed by atoms with van der Waals surface area (Å²) in [6.07, 6.45) is 1.75. The van der Waals surface area contributed by atoms with Gasteiger partial charge in [-0.25, -0.2) is 4.98 Å². The van der Waals surface area contributed by atoms with Crippen molar-refractivity contribution in [2.24, 2.45) is 0 Å². The topological polar surface area (TPSA) is 63.4 Å². The van der Waals surface area contributed by atoms with Crippen LogP contribution in [0.5, 0.6) is 0 Å². The number of hydrogen-bond acceptors (Lipinski definition) is 5. The molecule has 0 amide bonds. The molecule has 0 aliphatic carbocycles. The number of nitrogens with two attached hydrogens (primary N) is 1. The SMILES string of the molecule is CN1CCOC(CNc2ncc(Cl)cc2N)C1. The molecule has 94 valence electrons. The fraction of sp³-hybridized carbons (Fsp3) is 0.545. The van der Waals surface area contributed by atoms with Gasteiger partial charge in [-0.1, -0.05) is 11.6 Å². The number of likely N-dealkylation sites (N-methyl/N-ethyl adjacent to an activating group) is 1. The first-order chi connectivity index (χ1) is 8.15. The highest BCUT2D eigenvalue weighted by Gasteiger charge is 2.17. The minimum atomic E-state index is 0.172. The molecule has 3 N–H and O–H groups in total. The van der Waals surface area contributed by atoms with Gasteiger partial charge in [0.25, 0.3) is 0 Å². The van der Waals surface area contributed by atoms with E-state index in [0.717, 1.165) is 19.7 Å². The van der Waals surface area contributed by atoms with Crippen molar-refractivity contribution < 1.29 is 4.74 Å². The Morgan fingerprint density at radius 3 is 3.24 bits per heavy atom. The van der Waals surface area contributed by atoms with E-state index in [9.17, 15) is 0 Å². The zero-order chi connectivity index (χ0) is 12.3. The Labute approximate surface area is 106 Å². The van der Waals surface area contributed by atoms with Crippen LogP contribution in [0.4, 0.5) is 11.5 Å². The molecule has 0 spiro atoms. The highest BCUT2D eigenvalue weighted by Crippen LogP contribution is 2.19. The largest absolute Gasteiger partial charge is 0.396 e. The first-order valence-corrected chi connectivity index (χ1v) is 5.98. The summed E-state index contributed by atoms with van der Waals surface area (Å²) in [5.41, 5.74) is 6.36. The minimum Gasteiger partial charge on any atom is -0.396 e. The predicted octanol–water partition coefficient (Wildman–Crippen LogP) is 1.06. The van der Waals surface area contributed by atoms with E-state index >= 15 is 0 Å². The van der Waals surface area contributed by atoms with Gasteiger partial charge in [-0.15, -0.1) is 0 Å². The fourth-order valence-corrected chi connectivity index (χ4v) is 1.97. The van der Waals surface area contributed by atoms with E-state index in [0.29, 0.717) is 23.1 Å². The zero-order valence-electron chi connectivity index (χ0n) is 9.82. The average molecular weight is 257 g/mol. The molecule has 6 heteroatoms. The number of halogens is 1. The lowest BCUT2D eigenvalue weighted by Gasteiger charge is -2.30. The molecule has 1 aliphatic heterocycles. The Balaban J connectivity index is 1.88. The molecule has 1 aromatic heterocycles. The summed E-state index contributed by atoms with van der Waals surface area (Å²) in [5.74, 6) is 0.659. The summed E-state index contributed by atoms with van der Waals surface area (Å²) in [7, 11) is 2.09. The Morgan fingerprint density at radius 1 is 1.71 bits per heavy atom. The van der Waals surface area contributed by atoms with Crippen LogP contribution in [-0.4, -0.2) is 49.3 Å². The summed E-state index contributed by atoms with van der Waals surface area (Å²) in [6, 6.07) is 1.69. The summed E-state index contributed by atoms with van der Waals surface area (Å²) >= 11 is 5.78. The maximum atomic E-state index is 5.80. The van der Waals surface area contributed by atoms with E-state index in [1.54, 1.807) is 12.3 Å². The van der Waals surface area contributed by atoms with Crippen LogP contribution in [0, 0.1) is 0 Å². The molecule has 1 fully saturated rings. The van der Waals surface area contributed by atoms with Crippen LogP contribution in [0.1, 0.15) is 0 Å². The number of nitrogens with zero attached hydrogens (tertiary/aromatic N) is 2. The summed E-state index contributed by atoms with van der Waals surface area (Å²) < 4.78 is 5.63. The molecule has 1 unspecified atom stereocenters. The molecule has 1 aromatic rings. The molecular formula is C11H17ClN4O. The second-order valence-corrected chi connectivity index (χ2v) is 4.66. The molecule has 1 aliphatic rings. The molecule has 2 rings (SSSR count). The number of pyridine rings is 1. The van der Waals surface area contributed by atoms with Crippen LogP contribution < -0.4 is 11.1 Å². The van der Waals surface area contributed by atoms with Gasteiger partial charge in [0.05, 0.1) is 23.4 Å². The third-order valence-electron chi connectivity index (χ3n) is 2.72. The second kappa shape index (κ2) is 5.53. The van der Waals surface area contributed by atoms with E-state index < -0.39 is 0 Å². The minimum absolute atomic E-state index is 0.172. The van der Waals surface area contributed by atoms with Gasteiger partial charge in [-0.3, -0.25) is 0 Å². The lowest BCUT2D eigenvalue weighted by molar-refractivity contribution is -0.0117. The summed E-state index contributed by atoms with van der Waals surface area (Å²) in [4.78, 5) is 6.39. The fourth-order valence-electron chi connectivity index (χ4n) is 1.80. The smallest absolute Gasteiger partial charge is 0.149 e. The van der Waals surface area contributed by atoms with Gasteiger partial charge in [0.15, 0.2) is 0 Å². The third-order valence-corrected chi connectivity index (χ3v) is 2.93. The van der Waals surface area contributed by atoms with Crippen molar-refractivity contribution in [1.29, 1.82) is 0 Å². The van der Waals surface area contributed by atoms with Crippen LogP contribution in [-0.2, 0) is 4.74 Å². The van der Waals surface area contributed by atoms with Gasteiger partial charge >= 0.3 is 0 Å². The molecule has 0 bridgehead atoms. The first-order valence-electron chi connectivity index (χ1n) is 5.60. The van der Waals surface area contributed by atoms with Crippen LogP contribution in [0.2, 0.25) is 5.02 Å². The Bertz CT molecular complexity index is 388. The highest BCUT2D eigenvalue weighted by molar-refractivity contribution is 6.30. The van der Waals surface area contributed by atoms with Crippen molar-refractivity contribution in [1.82, 2.24) is 9.88 Å². The van der Waals surface area contributed by atoms with Crippen molar-refractivity contribution in [2.75, 3.05) is 44.3 Å². The van der Waals surface area contributed by atoms with Crippen molar-refractivity contribution in [3.63, 3.8) is 0 Å². The van der Waals surface area contributed by atoms with Crippen molar-refractivity contribution in [3.8, 4) is 0 Å². The first kappa shape index (κ1) is 12.4. The Kier molecular flexibility index (Phi) is 4.04. The number of aromatic nitrogens is 1. The summed E-state index contributed by atoms with van der Waals surface area (Å²) in [6.45, 7) is 3.37. The molecule has 1 saturated heterocycles. The molecule has 1 atom stereocenters. The van der Waals surface area contributed by atoms with Crippen LogP contribution in [0.3, 0.4) is 0 Å². The molecule has 0 radical (unpaired) electrons. The number of hydrogen-bond donors (Lipinski definition) is 2. The maximum absolute atomic E-state index is 5.80. The number of nitrogens with one attached hydrogen (secondary N) is 1. The van der Waals surface area contributed by atoms with E-state index in [1.165, 1.54) is 0 Å². The van der Waals surface area contributed by atoms with Gasteiger partial charge < -0.3 is 20.7 Å². The van der Waals surface area contributed by atoms with Gasteiger partial charge in [0.2, 0.25) is 0 Å². The molecule has 2 heterocycles. The van der Waals surface area contributed by atoms with Crippen molar-refractivity contribution in [2.45, 2.75) is 6.10 Å². The zero-order valence-corrected chi connectivity index (χ0v) is 10.6. The Hall–Kier alpha value is -1.04. The van der Waals surface area contributed by atoms with Gasteiger partial charge in [0, 0.05) is 25.8 Å². The number of rotatable bonds is 3. The number of ether oxygens (including phenoxy) is 1. The monoisotopic (exact) mass is 256 g/mol. The molecule has 0 saturated carbocycles. The number of anilines is 2. The third kappa shape index (κ3) is 3.46. The van der Waals surface area contributed by atoms with Crippen LogP contribution >= 0.6 is 11.6 Å². The highest BCUT2D eigenvalue weighted by atomic mass is 35.5. The van der Waals surface area contributed by atoms with E-state index in [1.807, 2.05) is 0 Å². The molecular weight excluding hydrogens is 240 g/mol. The van der Waals surface area contributed by atoms with Crippen LogP contribution in [0.15, 0.2) is 12.3 Å². The average Bonchev–Trinajstić information content (AvgIpc) is 2.28. The van der Waals surface area contributed by atoms with Gasteiger partial charge in [-0.2, -0.15) is 0 Å². The quantitative estimate of drug-likeness (QED) is 0.847. The van der Waals surface area contributed by atoms with Crippen molar-refractivity contribution in [3.05, 3.63) is 17.3 Å². The predicted molar refractivity (Wildman–Crippen MR) is 69.4 cm³/mol. The van der Waals surface area contributed by atoms with E-state index in [2.05, 4.69) is 22.2 Å². The maximum Gasteiger partial charge on any atom is 0.149 e. The number of nitrogen functional groups attached to an aromatic ring is 1. The lowest BCUT2D eigenvalue weighted by Crippen LogP contribution is -2.43. The molecule has 5 nitrogen and oxygen atoms in total. The van der Waals surface area contributed by atoms with Crippen molar-refractivity contribution >= 4 is 23.1 Å². The van der Waals surface area contributed by atoms with Crippen LogP contribution in [0.25, 0.3) is 0 Å². The van der Waals surface area contributed by atoms with E-state index in [-0.39, 0.29) is 6.10 Å². The van der Waals surface area contributed by atoms with Gasteiger partial charge in [0.1, 0.15) is 5.82 Å². The second-order valence-electron chi connectivity index (χ2n) is 4.23. The standard InChI is InChI=1S/C11H17ClN4O/c1-16-2-3-17-9(7-16)6-15-11-10(13)4-8(12)5-14-11/h4-5,9H,2-3,6-7,13H2,1H3,(H,14,15). The van der Waals surface area contributed by atoms with Gasteiger partial charge in [-0.05, 0) is 13.1 Å².